The van der Waals surface area contributed by atoms with E-state index in [4.69, 9.17) is 15.2 Å². The van der Waals surface area contributed by atoms with Gasteiger partial charge in [0, 0.05) is 6.54 Å². The van der Waals surface area contributed by atoms with Crippen LogP contribution in [0.3, 0.4) is 0 Å². The predicted octanol–water partition coefficient (Wildman–Crippen LogP) is 3.22. The summed E-state index contributed by atoms with van der Waals surface area (Å²) in [6, 6.07) is 19.8. The first-order valence-electron chi connectivity index (χ1n) is 9.47. The Morgan fingerprint density at radius 3 is 2.79 bits per heavy atom. The summed E-state index contributed by atoms with van der Waals surface area (Å²) in [4.78, 5) is 12.9. The molecule has 5 nitrogen and oxygen atoms in total. The highest BCUT2D eigenvalue weighted by atomic mass is 16.5. The van der Waals surface area contributed by atoms with E-state index in [2.05, 4.69) is 29.6 Å². The lowest BCUT2D eigenvalue weighted by Gasteiger charge is -2.27. The summed E-state index contributed by atoms with van der Waals surface area (Å²) in [6.45, 7) is 0.697. The molecular formula is C23H24N2O3. The SMILES string of the molecule is COc1ccc2c(c1)CC(C(=O)NC(CN)c1ccc3ccccc3c1)CO2. The van der Waals surface area contributed by atoms with Crippen LogP contribution in [0.4, 0.5) is 0 Å². The normalized spacial score (nSPS) is 16.7. The van der Waals surface area contributed by atoms with Crippen molar-refractivity contribution in [3.8, 4) is 11.5 Å². The van der Waals surface area contributed by atoms with E-state index in [1.54, 1.807) is 7.11 Å². The number of benzene rings is 3. The number of carbonyl (C=O) groups is 1. The second-order valence-electron chi connectivity index (χ2n) is 7.09. The third kappa shape index (κ3) is 3.66. The smallest absolute Gasteiger partial charge is 0.227 e. The number of hydrogen-bond donors (Lipinski definition) is 2. The number of carbonyl (C=O) groups excluding carboxylic acids is 1. The quantitative estimate of drug-likeness (QED) is 0.717. The Morgan fingerprint density at radius 2 is 2.00 bits per heavy atom. The van der Waals surface area contributed by atoms with Gasteiger partial charge >= 0.3 is 0 Å². The molecule has 5 heteroatoms. The van der Waals surface area contributed by atoms with E-state index in [1.165, 1.54) is 5.39 Å². The van der Waals surface area contributed by atoms with Crippen molar-refractivity contribution in [2.75, 3.05) is 20.3 Å². The highest BCUT2D eigenvalue weighted by Crippen LogP contribution is 2.31. The standard InChI is InChI=1S/C23H24N2O3/c1-27-20-8-9-22-18(12-20)11-19(14-28-22)23(26)25-21(13-24)17-7-6-15-4-2-3-5-16(15)10-17/h2-10,12,19,21H,11,13-14,24H2,1H3,(H,25,26). The molecule has 0 aliphatic carbocycles. The number of ether oxygens (including phenoxy) is 2. The van der Waals surface area contributed by atoms with Gasteiger partial charge in [0.05, 0.1) is 19.1 Å². The highest BCUT2D eigenvalue weighted by molar-refractivity contribution is 5.84. The van der Waals surface area contributed by atoms with Crippen LogP contribution in [-0.4, -0.2) is 26.2 Å². The van der Waals surface area contributed by atoms with Crippen molar-refractivity contribution in [2.24, 2.45) is 11.7 Å². The lowest BCUT2D eigenvalue weighted by atomic mass is 9.94. The molecule has 0 bridgehead atoms. The van der Waals surface area contributed by atoms with Crippen molar-refractivity contribution in [1.82, 2.24) is 5.32 Å². The Balaban J connectivity index is 1.49. The fraction of sp³-hybridized carbons (Fsp3) is 0.261. The fourth-order valence-corrected chi connectivity index (χ4v) is 3.66. The zero-order chi connectivity index (χ0) is 19.5. The molecule has 3 aromatic carbocycles. The van der Waals surface area contributed by atoms with Crippen molar-refractivity contribution in [1.29, 1.82) is 0 Å². The Bertz CT molecular complexity index is 1000. The molecule has 0 saturated heterocycles. The minimum atomic E-state index is -0.255. The second-order valence-corrected chi connectivity index (χ2v) is 7.09. The minimum Gasteiger partial charge on any atom is -0.497 e. The van der Waals surface area contributed by atoms with Crippen LogP contribution in [0.5, 0.6) is 11.5 Å². The molecule has 144 valence electrons. The maximum absolute atomic E-state index is 12.9. The van der Waals surface area contributed by atoms with Gasteiger partial charge < -0.3 is 20.5 Å². The van der Waals surface area contributed by atoms with E-state index < -0.39 is 0 Å². The molecule has 0 saturated carbocycles. The van der Waals surface area contributed by atoms with Crippen molar-refractivity contribution >= 4 is 16.7 Å². The maximum Gasteiger partial charge on any atom is 0.227 e. The molecule has 1 aliphatic heterocycles. The summed E-state index contributed by atoms with van der Waals surface area (Å²) in [5.74, 6) is 1.28. The average Bonchev–Trinajstić information content (AvgIpc) is 2.76. The van der Waals surface area contributed by atoms with Crippen molar-refractivity contribution in [2.45, 2.75) is 12.5 Å². The molecule has 4 rings (SSSR count). The molecule has 1 aliphatic rings. The van der Waals surface area contributed by atoms with Crippen LogP contribution >= 0.6 is 0 Å². The third-order valence-electron chi connectivity index (χ3n) is 5.27. The van der Waals surface area contributed by atoms with Crippen LogP contribution in [0.25, 0.3) is 10.8 Å². The molecule has 3 aromatic rings. The molecule has 3 N–H and O–H groups in total. The molecule has 2 unspecified atom stereocenters. The summed E-state index contributed by atoms with van der Waals surface area (Å²) in [7, 11) is 1.63. The van der Waals surface area contributed by atoms with Crippen molar-refractivity contribution in [3.63, 3.8) is 0 Å². The van der Waals surface area contributed by atoms with Gasteiger partial charge in [-0.2, -0.15) is 0 Å². The molecular weight excluding hydrogens is 352 g/mol. The van der Waals surface area contributed by atoms with Gasteiger partial charge in [-0.1, -0.05) is 36.4 Å². The summed E-state index contributed by atoms with van der Waals surface area (Å²) in [5.41, 5.74) is 7.97. The van der Waals surface area contributed by atoms with Gasteiger partial charge in [0.1, 0.15) is 18.1 Å². The fourth-order valence-electron chi connectivity index (χ4n) is 3.66. The van der Waals surface area contributed by atoms with Gasteiger partial charge in [0.2, 0.25) is 5.91 Å². The van der Waals surface area contributed by atoms with Crippen LogP contribution in [0.15, 0.2) is 60.7 Å². The first-order valence-corrected chi connectivity index (χ1v) is 9.47. The van der Waals surface area contributed by atoms with Crippen LogP contribution < -0.4 is 20.5 Å². The van der Waals surface area contributed by atoms with E-state index >= 15 is 0 Å². The van der Waals surface area contributed by atoms with Gasteiger partial charge in [-0.3, -0.25) is 4.79 Å². The monoisotopic (exact) mass is 376 g/mol. The number of rotatable bonds is 5. The number of nitrogens with two attached hydrogens (primary N) is 1. The number of hydrogen-bond acceptors (Lipinski definition) is 4. The van der Waals surface area contributed by atoms with Crippen molar-refractivity contribution < 1.29 is 14.3 Å². The predicted molar refractivity (Wildman–Crippen MR) is 110 cm³/mol. The molecule has 0 radical (unpaired) electrons. The van der Waals surface area contributed by atoms with Crippen LogP contribution in [0.2, 0.25) is 0 Å². The van der Waals surface area contributed by atoms with Crippen molar-refractivity contribution in [3.05, 3.63) is 71.8 Å². The van der Waals surface area contributed by atoms with Gasteiger partial charge in [0.15, 0.2) is 0 Å². The molecule has 2 atom stereocenters. The van der Waals surface area contributed by atoms with E-state index in [0.29, 0.717) is 19.6 Å². The highest BCUT2D eigenvalue weighted by Gasteiger charge is 2.28. The number of nitrogens with one attached hydrogen (secondary N) is 1. The largest absolute Gasteiger partial charge is 0.497 e. The summed E-state index contributed by atoms with van der Waals surface area (Å²) < 4.78 is 11.1. The number of fused-ring (bicyclic) bond motifs is 2. The van der Waals surface area contributed by atoms with Crippen LogP contribution in [0.1, 0.15) is 17.2 Å². The maximum atomic E-state index is 12.9. The van der Waals surface area contributed by atoms with Gasteiger partial charge in [-0.15, -0.1) is 0 Å². The summed E-state index contributed by atoms with van der Waals surface area (Å²) >= 11 is 0. The van der Waals surface area contributed by atoms with Gasteiger partial charge in [-0.25, -0.2) is 0 Å². The summed E-state index contributed by atoms with van der Waals surface area (Å²) in [6.07, 6.45) is 0.618. The molecule has 0 spiro atoms. The van der Waals surface area contributed by atoms with Crippen LogP contribution in [-0.2, 0) is 11.2 Å². The molecule has 0 fully saturated rings. The molecule has 1 amide bonds. The Hall–Kier alpha value is -3.05. The van der Waals surface area contributed by atoms with E-state index in [9.17, 15) is 4.79 Å². The van der Waals surface area contributed by atoms with Gasteiger partial charge in [0.25, 0.3) is 0 Å². The Morgan fingerprint density at radius 1 is 1.18 bits per heavy atom. The average molecular weight is 376 g/mol. The Labute approximate surface area is 164 Å². The first kappa shape index (κ1) is 18.3. The molecule has 1 heterocycles. The van der Waals surface area contributed by atoms with E-state index in [1.807, 2.05) is 36.4 Å². The minimum absolute atomic E-state index is 0.0444. The van der Waals surface area contributed by atoms with Crippen LogP contribution in [0, 0.1) is 5.92 Å². The zero-order valence-electron chi connectivity index (χ0n) is 15.9. The number of amides is 1. The Kier molecular flexibility index (Phi) is 5.17. The lowest BCUT2D eigenvalue weighted by molar-refractivity contribution is -0.127. The lowest BCUT2D eigenvalue weighted by Crippen LogP contribution is -2.41. The number of methoxy groups -OCH3 is 1. The molecule has 28 heavy (non-hydrogen) atoms. The van der Waals surface area contributed by atoms with E-state index in [0.717, 1.165) is 28.0 Å². The topological polar surface area (TPSA) is 73.6 Å². The first-order chi connectivity index (χ1) is 13.7. The van der Waals surface area contributed by atoms with E-state index in [-0.39, 0.29) is 17.9 Å². The molecule has 0 aromatic heterocycles. The zero-order valence-corrected chi connectivity index (χ0v) is 15.9. The van der Waals surface area contributed by atoms with Gasteiger partial charge in [-0.05, 0) is 52.6 Å². The summed E-state index contributed by atoms with van der Waals surface area (Å²) in [5, 5.41) is 5.40. The third-order valence-corrected chi connectivity index (χ3v) is 5.27. The second kappa shape index (κ2) is 7.90.